The summed E-state index contributed by atoms with van der Waals surface area (Å²) < 4.78 is 30.3. The summed E-state index contributed by atoms with van der Waals surface area (Å²) in [5, 5.41) is 50.5. The molecule has 6 N–H and O–H groups in total. The molecule has 1 aromatic rings. The Labute approximate surface area is 263 Å². The van der Waals surface area contributed by atoms with Crippen molar-refractivity contribution in [1.82, 2.24) is 4.90 Å². The van der Waals surface area contributed by atoms with Gasteiger partial charge in [0.1, 0.15) is 16.8 Å². The second-order valence-corrected chi connectivity index (χ2v) is 13.8. The molecule has 1 heterocycles. The van der Waals surface area contributed by atoms with Crippen LogP contribution in [0, 0.1) is 28.6 Å². The van der Waals surface area contributed by atoms with Crippen molar-refractivity contribution in [1.29, 1.82) is 0 Å². The normalized spacial score (nSPS) is 51.2. The van der Waals surface area contributed by atoms with Gasteiger partial charge in [0.25, 0.3) is 0 Å². The molecule has 14 atom stereocenters. The van der Waals surface area contributed by atoms with Gasteiger partial charge in [-0.15, -0.1) is 12.4 Å². The van der Waals surface area contributed by atoms with Crippen LogP contribution in [0.2, 0.25) is 0 Å². The molecular formula is C31H46ClNO11. The van der Waals surface area contributed by atoms with Crippen LogP contribution >= 0.6 is 12.4 Å². The molecule has 5 saturated carbocycles. The second kappa shape index (κ2) is 10.8. The molecule has 1 aliphatic heterocycles. The highest BCUT2D eigenvalue weighted by Gasteiger charge is 2.93. The number of likely N-dealkylation sites (tertiary alicyclic amines) is 1. The van der Waals surface area contributed by atoms with Gasteiger partial charge in [-0.2, -0.15) is 0 Å². The molecule has 6 aliphatic rings. The van der Waals surface area contributed by atoms with Crippen molar-refractivity contribution in [2.75, 3.05) is 48.6 Å². The van der Waals surface area contributed by atoms with Crippen molar-refractivity contribution < 1.29 is 54.4 Å². The number of fused-ring (bicyclic) bond motifs is 2. The lowest BCUT2D eigenvalue weighted by molar-refractivity contribution is -0.346. The number of benzene rings is 1. The average molecular weight is 644 g/mol. The maximum absolute atomic E-state index is 13.5. The van der Waals surface area contributed by atoms with E-state index in [1.165, 1.54) is 7.11 Å². The fourth-order valence-electron chi connectivity index (χ4n) is 11.7. The molecule has 12 nitrogen and oxygen atoms in total. The molecule has 9 unspecified atom stereocenters. The third-order valence-corrected chi connectivity index (χ3v) is 12.7. The van der Waals surface area contributed by atoms with Crippen LogP contribution in [0.3, 0.4) is 0 Å². The number of hydrogen-bond donors (Lipinski definition) is 4. The summed E-state index contributed by atoms with van der Waals surface area (Å²) in [5.74, 6) is -2.58. The highest BCUT2D eigenvalue weighted by Crippen LogP contribution is 2.80. The maximum atomic E-state index is 13.5. The quantitative estimate of drug-likeness (QED) is 0.280. The predicted molar refractivity (Wildman–Crippen MR) is 157 cm³/mol. The van der Waals surface area contributed by atoms with E-state index >= 15 is 0 Å². The van der Waals surface area contributed by atoms with E-state index in [4.69, 9.17) is 23.7 Å². The summed E-state index contributed by atoms with van der Waals surface area (Å²) in [7, 11) is 8.25. The molecule has 7 bridgehead atoms. The number of nitrogens with zero attached hydrogens (tertiary/aromatic N) is 1. The standard InChI is InChI=1S/C31H43NO10.ClH.H2O/c1-32-14-27(15-38-2)18(33)11-19(39-3)30-17-12-28(35)20(40-4)13-29(36,21(24(30)32)22(41-5)23(27)30)31(17,37)26(28)42-25(34)16-9-7-6-8-10-16;;/h6-10,17-24,26,33,35-37H,11-15H2,1-5H3;1H;1H2/t17?,18?,19?,20?,21?,22?,23?,24?,26?,27-,28-,29-,30-,31+;;/m0../s1. The molecule has 13 heteroatoms. The van der Waals surface area contributed by atoms with Crippen LogP contribution in [0.25, 0.3) is 0 Å². The third-order valence-electron chi connectivity index (χ3n) is 12.7. The summed E-state index contributed by atoms with van der Waals surface area (Å²) in [5.41, 5.74) is -7.16. The molecule has 5 aliphatic carbocycles. The molecule has 248 valence electrons. The van der Waals surface area contributed by atoms with E-state index in [0.29, 0.717) is 6.54 Å². The Balaban J connectivity index is 0.00000192. The summed E-state index contributed by atoms with van der Waals surface area (Å²) in [6.45, 7) is 0.735. The number of halogens is 1. The Kier molecular flexibility index (Phi) is 8.34. The lowest BCUT2D eigenvalue weighted by atomic mass is 9.41. The number of methoxy groups -OCH3 is 4. The first-order chi connectivity index (χ1) is 20.0. The number of carbonyl (C=O) groups is 1. The van der Waals surface area contributed by atoms with Gasteiger partial charge in [-0.1, -0.05) is 18.2 Å². The van der Waals surface area contributed by atoms with Gasteiger partial charge < -0.3 is 54.5 Å². The number of hydrogen-bond acceptors (Lipinski definition) is 11. The van der Waals surface area contributed by atoms with Crippen molar-refractivity contribution in [3.8, 4) is 0 Å². The van der Waals surface area contributed by atoms with E-state index in [9.17, 15) is 25.2 Å². The van der Waals surface area contributed by atoms with E-state index in [2.05, 4.69) is 4.90 Å². The van der Waals surface area contributed by atoms with Crippen molar-refractivity contribution in [2.45, 2.75) is 72.6 Å². The molecular weight excluding hydrogens is 598 g/mol. The van der Waals surface area contributed by atoms with Gasteiger partial charge in [0.15, 0.2) is 6.10 Å². The molecule has 1 spiro atoms. The van der Waals surface area contributed by atoms with Crippen LogP contribution < -0.4 is 0 Å². The first kappa shape index (κ1) is 33.9. The van der Waals surface area contributed by atoms with Gasteiger partial charge in [0.05, 0.1) is 36.6 Å². The zero-order valence-corrected chi connectivity index (χ0v) is 26.5. The van der Waals surface area contributed by atoms with E-state index in [0.717, 1.165) is 0 Å². The summed E-state index contributed by atoms with van der Waals surface area (Å²) >= 11 is 0. The number of carbonyl (C=O) groups excluding carboxylic acids is 1. The van der Waals surface area contributed by atoms with E-state index in [-0.39, 0.29) is 55.4 Å². The van der Waals surface area contributed by atoms with Crippen LogP contribution in [-0.4, -0.2) is 139 Å². The smallest absolute Gasteiger partial charge is 0.338 e. The van der Waals surface area contributed by atoms with Crippen molar-refractivity contribution in [2.24, 2.45) is 28.6 Å². The number of ether oxygens (including phenoxy) is 5. The average Bonchev–Trinajstić information content (AvgIpc) is 3.34. The molecule has 0 amide bonds. The Morgan fingerprint density at radius 2 is 1.66 bits per heavy atom. The van der Waals surface area contributed by atoms with Crippen LogP contribution in [0.15, 0.2) is 30.3 Å². The topological polar surface area (TPSA) is 179 Å². The number of piperidine rings is 1. The van der Waals surface area contributed by atoms with Gasteiger partial charge in [-0.05, 0) is 25.6 Å². The minimum atomic E-state index is -2.07. The van der Waals surface area contributed by atoms with Crippen LogP contribution in [0.5, 0.6) is 0 Å². The first-order valence-electron chi connectivity index (χ1n) is 14.9. The molecule has 7 rings (SSSR count). The Morgan fingerprint density at radius 3 is 2.25 bits per heavy atom. The second-order valence-electron chi connectivity index (χ2n) is 13.8. The minimum absolute atomic E-state index is 0. The van der Waals surface area contributed by atoms with Gasteiger partial charge in [0.2, 0.25) is 0 Å². The van der Waals surface area contributed by atoms with Crippen LogP contribution in [-0.2, 0) is 23.7 Å². The molecule has 0 aromatic heterocycles. The highest BCUT2D eigenvalue weighted by molar-refractivity contribution is 5.89. The lowest BCUT2D eigenvalue weighted by Crippen LogP contribution is -2.84. The molecule has 0 radical (unpaired) electrons. The third kappa shape index (κ3) is 3.51. The fraction of sp³-hybridized carbons (Fsp3) is 0.774. The molecule has 6 fully saturated rings. The van der Waals surface area contributed by atoms with Gasteiger partial charge >= 0.3 is 5.97 Å². The van der Waals surface area contributed by atoms with E-state index in [1.54, 1.807) is 51.7 Å². The zero-order valence-electron chi connectivity index (χ0n) is 25.7. The molecule has 1 saturated heterocycles. The Hall–Kier alpha value is -1.42. The van der Waals surface area contributed by atoms with Crippen LogP contribution in [0.1, 0.15) is 29.6 Å². The Morgan fingerprint density at radius 1 is 1.00 bits per heavy atom. The SMILES string of the molecule is COC[C@]12CN(C)C3C4C(OC)C1[C@@]3(C(OC)CC2O)C1C[C@]2(O)C(OC)C[C@@]4(O)[C@]1(O)C2OC(=O)c1ccccc1.Cl.O. The maximum Gasteiger partial charge on any atom is 0.338 e. The zero-order chi connectivity index (χ0) is 30.0. The summed E-state index contributed by atoms with van der Waals surface area (Å²) in [6, 6.07) is 8.09. The van der Waals surface area contributed by atoms with Gasteiger partial charge in [0, 0.05) is 82.5 Å². The van der Waals surface area contributed by atoms with Crippen LogP contribution in [0.4, 0.5) is 0 Å². The monoisotopic (exact) mass is 643 g/mol. The lowest BCUT2D eigenvalue weighted by Gasteiger charge is -2.71. The number of rotatable bonds is 7. The van der Waals surface area contributed by atoms with E-state index in [1.807, 2.05) is 7.05 Å². The van der Waals surface area contributed by atoms with Gasteiger partial charge in [-0.3, -0.25) is 0 Å². The Bertz CT molecular complexity index is 1260. The van der Waals surface area contributed by atoms with E-state index < -0.39 is 81.9 Å². The fourth-order valence-corrected chi connectivity index (χ4v) is 11.7. The molecule has 44 heavy (non-hydrogen) atoms. The summed E-state index contributed by atoms with van der Waals surface area (Å²) in [6.07, 6.45) is -4.17. The molecule has 1 aromatic carbocycles. The number of aliphatic hydroxyl groups excluding tert-OH is 1. The minimum Gasteiger partial charge on any atom is -0.452 e. The largest absolute Gasteiger partial charge is 0.452 e. The summed E-state index contributed by atoms with van der Waals surface area (Å²) in [4.78, 5) is 15.7. The highest BCUT2D eigenvalue weighted by atomic mass is 35.5. The van der Waals surface area contributed by atoms with Crippen molar-refractivity contribution >= 4 is 18.4 Å². The predicted octanol–water partition coefficient (Wildman–Crippen LogP) is -0.572. The first-order valence-corrected chi connectivity index (χ1v) is 14.9. The number of aliphatic hydroxyl groups is 4. The van der Waals surface area contributed by atoms with Gasteiger partial charge in [-0.25, -0.2) is 4.79 Å². The van der Waals surface area contributed by atoms with Crippen molar-refractivity contribution in [3.05, 3.63) is 35.9 Å². The van der Waals surface area contributed by atoms with Crippen molar-refractivity contribution in [3.63, 3.8) is 0 Å². The number of esters is 1.